The van der Waals surface area contributed by atoms with Crippen LogP contribution in [0.4, 0.5) is 102 Å². The van der Waals surface area contributed by atoms with Gasteiger partial charge in [-0.3, -0.25) is 0 Å². The Hall–Kier alpha value is -16.4. The molecule has 2 heterocycles. The molecule has 128 heavy (non-hydrogen) atoms. The Balaban J connectivity index is 0.000000167. The molecule has 0 amide bonds. The first kappa shape index (κ1) is 78.9. The van der Waals surface area contributed by atoms with Gasteiger partial charge in [-0.1, -0.05) is 291 Å². The maximum absolute atomic E-state index is 2.35. The highest BCUT2D eigenvalue weighted by atomic mass is 32.1. The van der Waals surface area contributed by atoms with E-state index in [1.165, 1.54) is 51.5 Å². The Morgan fingerprint density at radius 3 is 0.414 bits per heavy atom. The summed E-state index contributed by atoms with van der Waals surface area (Å²) in [5.41, 5.74) is 29.4. The summed E-state index contributed by atoms with van der Waals surface area (Å²) in [5, 5.41) is 5.25. The molecular weight excluding hydrogens is 1590 g/mol. The van der Waals surface area contributed by atoms with Crippen molar-refractivity contribution >= 4 is 165 Å². The standard InChI is InChI=1S/C72H54N4.C48H32N2S2/c1-7-19-61(20-8-1)73(62-21-9-2-10-22-62)67-43-31-55(32-44-67)57-35-47-69(48-36-57)75(65-27-15-5-16-28-65)71-51-39-59(40-52-71)60-41-53-72(54-42-60)76(66-29-17-6-18-30-66)70-49-37-58(38-50-70)56-33-45-68(46-34-56)74(63-23-11-3-12-24-63)64-25-13-4-14-26-64;1-3-11-35(12-4-1)49(39-27-29-43-41-15-7-9-17-45(41)51-47(43)31-39)37-23-19-33(20-24-37)34-21-25-38(26-22-34)50(36-13-5-2-6-14-36)40-28-30-44-42-16-8-10-18-46(42)52-48(44)32-40/h1-54H;1-32H. The van der Waals surface area contributed by atoms with E-state index in [2.05, 4.69) is 551 Å². The molecule has 0 saturated carbocycles. The number of anilines is 18. The molecule has 0 atom stereocenters. The van der Waals surface area contributed by atoms with Crippen molar-refractivity contribution in [2.24, 2.45) is 0 Å². The lowest BCUT2D eigenvalue weighted by Gasteiger charge is -2.26. The fourth-order valence-corrected chi connectivity index (χ4v) is 19.7. The first-order valence-corrected chi connectivity index (χ1v) is 45.0. The normalized spacial score (nSPS) is 11.1. The molecular formula is C120H86N6S2. The number of nitrogens with zero attached hydrogens (tertiary/aromatic N) is 6. The Morgan fingerprint density at radius 2 is 0.234 bits per heavy atom. The molecule has 0 fully saturated rings. The van der Waals surface area contributed by atoms with Crippen LogP contribution in [0.1, 0.15) is 0 Å². The second-order valence-electron chi connectivity index (χ2n) is 31.6. The Kier molecular flexibility index (Phi) is 22.3. The van der Waals surface area contributed by atoms with Crippen molar-refractivity contribution in [3.63, 3.8) is 0 Å². The quantitative estimate of drug-likeness (QED) is 0.0669. The lowest BCUT2D eigenvalue weighted by atomic mass is 10.0. The van der Waals surface area contributed by atoms with Crippen molar-refractivity contribution in [2.75, 3.05) is 29.4 Å². The van der Waals surface area contributed by atoms with Gasteiger partial charge in [0.25, 0.3) is 0 Å². The molecule has 608 valence electrons. The van der Waals surface area contributed by atoms with E-state index in [9.17, 15) is 0 Å². The maximum Gasteiger partial charge on any atom is 0.0476 e. The predicted octanol–water partition coefficient (Wildman–Crippen LogP) is 35.6. The van der Waals surface area contributed by atoms with Crippen LogP contribution in [0.25, 0.3) is 84.9 Å². The number of rotatable bonds is 22. The van der Waals surface area contributed by atoms with Crippen LogP contribution >= 0.6 is 22.7 Å². The second-order valence-corrected chi connectivity index (χ2v) is 33.8. The highest BCUT2D eigenvalue weighted by Crippen LogP contribution is 2.47. The van der Waals surface area contributed by atoms with Crippen LogP contribution in [0.2, 0.25) is 0 Å². The fourth-order valence-electron chi connectivity index (χ4n) is 17.4. The minimum Gasteiger partial charge on any atom is -0.311 e. The number of fused-ring (bicyclic) bond motifs is 6. The van der Waals surface area contributed by atoms with Gasteiger partial charge in [-0.2, -0.15) is 0 Å². The van der Waals surface area contributed by atoms with Crippen LogP contribution in [-0.2, 0) is 0 Å². The van der Waals surface area contributed by atoms with Crippen molar-refractivity contribution in [3.05, 3.63) is 522 Å². The number of hydrogen-bond acceptors (Lipinski definition) is 8. The fraction of sp³-hybridized carbons (Fsp3) is 0. The molecule has 8 heteroatoms. The maximum atomic E-state index is 2.35. The second kappa shape index (κ2) is 36.2. The van der Waals surface area contributed by atoms with Crippen LogP contribution in [-0.4, -0.2) is 0 Å². The predicted molar refractivity (Wildman–Crippen MR) is 549 cm³/mol. The molecule has 6 nitrogen and oxygen atoms in total. The van der Waals surface area contributed by atoms with Crippen molar-refractivity contribution in [3.8, 4) is 44.5 Å². The van der Waals surface area contributed by atoms with E-state index in [-0.39, 0.29) is 0 Å². The van der Waals surface area contributed by atoms with Crippen LogP contribution in [0.15, 0.2) is 522 Å². The zero-order valence-electron chi connectivity index (χ0n) is 70.2. The van der Waals surface area contributed by atoms with E-state index in [0.717, 1.165) is 136 Å². The smallest absolute Gasteiger partial charge is 0.0476 e. The number of para-hydroxylation sites is 8. The van der Waals surface area contributed by atoms with Gasteiger partial charge in [-0.15, -0.1) is 22.7 Å². The zero-order valence-corrected chi connectivity index (χ0v) is 71.8. The first-order chi connectivity index (χ1) is 63.5. The highest BCUT2D eigenvalue weighted by Gasteiger charge is 2.22. The van der Waals surface area contributed by atoms with Crippen molar-refractivity contribution < 1.29 is 0 Å². The Bertz CT molecular complexity index is 6930. The number of hydrogen-bond donors (Lipinski definition) is 0. The number of thiophene rings is 2. The van der Waals surface area contributed by atoms with Crippen LogP contribution in [0.5, 0.6) is 0 Å². The largest absolute Gasteiger partial charge is 0.311 e. The molecule has 2 aromatic heterocycles. The third-order valence-corrected chi connectivity index (χ3v) is 26.0. The van der Waals surface area contributed by atoms with E-state index in [4.69, 9.17) is 0 Å². The molecule has 0 spiro atoms. The molecule has 0 N–H and O–H groups in total. The van der Waals surface area contributed by atoms with Gasteiger partial charge in [0.2, 0.25) is 0 Å². The van der Waals surface area contributed by atoms with Crippen LogP contribution in [0.3, 0.4) is 0 Å². The van der Waals surface area contributed by atoms with Gasteiger partial charge in [-0.05, 0) is 275 Å². The molecule has 0 saturated heterocycles. The summed E-state index contributed by atoms with van der Waals surface area (Å²) in [7, 11) is 0. The third-order valence-electron chi connectivity index (χ3n) is 23.7. The molecule has 0 bridgehead atoms. The summed E-state index contributed by atoms with van der Waals surface area (Å²) in [4.78, 5) is 13.9. The minimum atomic E-state index is 1.08. The molecule has 0 radical (unpaired) electrons. The van der Waals surface area contributed by atoms with Gasteiger partial charge >= 0.3 is 0 Å². The summed E-state index contributed by atoms with van der Waals surface area (Å²) in [6.07, 6.45) is 0. The lowest BCUT2D eigenvalue weighted by Crippen LogP contribution is -2.10. The van der Waals surface area contributed by atoms with E-state index < -0.39 is 0 Å². The molecule has 0 aliphatic rings. The summed E-state index contributed by atoms with van der Waals surface area (Å²) >= 11 is 3.71. The van der Waals surface area contributed by atoms with Crippen molar-refractivity contribution in [2.45, 2.75) is 0 Å². The summed E-state index contributed by atoms with van der Waals surface area (Å²) in [6, 6.07) is 187. The van der Waals surface area contributed by atoms with E-state index in [1.54, 1.807) is 0 Å². The van der Waals surface area contributed by atoms with Gasteiger partial charge in [0.1, 0.15) is 0 Å². The Labute approximate surface area is 755 Å². The zero-order chi connectivity index (χ0) is 85.3. The monoisotopic (exact) mass is 1670 g/mol. The lowest BCUT2D eigenvalue weighted by molar-refractivity contribution is 1.28. The van der Waals surface area contributed by atoms with Crippen molar-refractivity contribution in [1.82, 2.24) is 0 Å². The van der Waals surface area contributed by atoms with Crippen LogP contribution in [0, 0.1) is 0 Å². The third kappa shape index (κ3) is 16.5. The minimum absolute atomic E-state index is 1.08. The average molecular weight is 1680 g/mol. The number of benzene rings is 20. The summed E-state index contributed by atoms with van der Waals surface area (Å²) in [5.74, 6) is 0. The molecule has 20 aromatic carbocycles. The Morgan fingerprint density at radius 1 is 0.102 bits per heavy atom. The van der Waals surface area contributed by atoms with E-state index >= 15 is 0 Å². The topological polar surface area (TPSA) is 19.4 Å². The van der Waals surface area contributed by atoms with E-state index in [0.29, 0.717) is 0 Å². The molecule has 0 unspecified atom stereocenters. The van der Waals surface area contributed by atoms with Gasteiger partial charge in [0, 0.05) is 143 Å². The van der Waals surface area contributed by atoms with Crippen LogP contribution < -0.4 is 29.4 Å². The highest BCUT2D eigenvalue weighted by molar-refractivity contribution is 7.26. The molecule has 0 aliphatic heterocycles. The molecule has 0 aliphatic carbocycles. The van der Waals surface area contributed by atoms with Crippen molar-refractivity contribution in [1.29, 1.82) is 0 Å². The van der Waals surface area contributed by atoms with Gasteiger partial charge in [0.05, 0.1) is 0 Å². The van der Waals surface area contributed by atoms with E-state index in [1.807, 2.05) is 22.7 Å². The van der Waals surface area contributed by atoms with Gasteiger partial charge in [0.15, 0.2) is 0 Å². The summed E-state index contributed by atoms with van der Waals surface area (Å²) < 4.78 is 5.23. The molecule has 22 rings (SSSR count). The molecule has 22 aromatic rings. The van der Waals surface area contributed by atoms with Gasteiger partial charge in [-0.25, -0.2) is 0 Å². The first-order valence-electron chi connectivity index (χ1n) is 43.3. The SMILES string of the molecule is c1ccc(N(c2ccc(-c3ccc(N(c4ccccc4)c4ccc5c(c4)sc4ccccc45)cc3)cc2)c2ccc3c(c2)sc2ccccc23)cc1.c1ccc(N(c2ccccc2)c2ccc(-c3ccc(N(c4ccccc4)c4ccc(-c5ccc(N(c6ccccc6)c6ccc(-c7ccc(N(c8ccccc8)c8ccccc8)cc7)cc6)cc5)cc4)cc3)cc2)cc1. The summed E-state index contributed by atoms with van der Waals surface area (Å²) in [6.45, 7) is 0. The average Bonchev–Trinajstić information content (AvgIpc) is 1.60. The van der Waals surface area contributed by atoms with Gasteiger partial charge < -0.3 is 29.4 Å².